The molecular formula is C11H14N2O4. The van der Waals surface area contributed by atoms with Crippen molar-refractivity contribution in [1.82, 2.24) is 0 Å². The average Bonchev–Trinajstić information content (AvgIpc) is 2.19. The molecule has 0 radical (unpaired) electrons. The van der Waals surface area contributed by atoms with Crippen molar-refractivity contribution >= 4 is 17.3 Å². The van der Waals surface area contributed by atoms with Crippen LogP contribution in [0.3, 0.4) is 0 Å². The van der Waals surface area contributed by atoms with E-state index in [4.69, 9.17) is 5.11 Å². The third-order valence-corrected chi connectivity index (χ3v) is 2.27. The van der Waals surface area contributed by atoms with Crippen LogP contribution in [0, 0.1) is 17.0 Å². The maximum atomic E-state index is 10.9. The van der Waals surface area contributed by atoms with E-state index in [0.717, 1.165) is 6.07 Å². The summed E-state index contributed by atoms with van der Waals surface area (Å²) in [5, 5.41) is 22.7. The second-order valence-electron chi connectivity index (χ2n) is 4.03. The highest BCUT2D eigenvalue weighted by molar-refractivity contribution is 5.90. The van der Waals surface area contributed by atoms with Crippen molar-refractivity contribution in [3.63, 3.8) is 0 Å². The quantitative estimate of drug-likeness (QED) is 0.620. The molecule has 1 rings (SSSR count). The largest absolute Gasteiger partial charge is 0.478 e. The van der Waals surface area contributed by atoms with Gasteiger partial charge in [-0.3, -0.25) is 10.1 Å². The van der Waals surface area contributed by atoms with Crippen LogP contribution in [0.25, 0.3) is 0 Å². The van der Waals surface area contributed by atoms with Crippen molar-refractivity contribution in [2.24, 2.45) is 0 Å². The fourth-order valence-corrected chi connectivity index (χ4v) is 1.47. The van der Waals surface area contributed by atoms with Crippen LogP contribution in [0.15, 0.2) is 12.1 Å². The number of rotatable bonds is 4. The van der Waals surface area contributed by atoms with Crippen LogP contribution in [0.2, 0.25) is 0 Å². The van der Waals surface area contributed by atoms with E-state index in [0.29, 0.717) is 11.3 Å². The third-order valence-electron chi connectivity index (χ3n) is 2.27. The Morgan fingerprint density at radius 1 is 1.47 bits per heavy atom. The van der Waals surface area contributed by atoms with Crippen LogP contribution >= 0.6 is 0 Å². The van der Waals surface area contributed by atoms with Crippen LogP contribution in [0.1, 0.15) is 29.8 Å². The van der Waals surface area contributed by atoms with Crippen LogP contribution < -0.4 is 5.32 Å². The zero-order valence-corrected chi connectivity index (χ0v) is 9.85. The van der Waals surface area contributed by atoms with E-state index in [-0.39, 0.29) is 17.3 Å². The van der Waals surface area contributed by atoms with Crippen molar-refractivity contribution in [3.8, 4) is 0 Å². The number of hydrogen-bond donors (Lipinski definition) is 2. The van der Waals surface area contributed by atoms with Crippen molar-refractivity contribution in [3.05, 3.63) is 33.4 Å². The van der Waals surface area contributed by atoms with Crippen molar-refractivity contribution in [1.29, 1.82) is 0 Å². The number of carbonyl (C=O) groups is 1. The van der Waals surface area contributed by atoms with Gasteiger partial charge in [0.15, 0.2) is 0 Å². The second kappa shape index (κ2) is 4.82. The summed E-state index contributed by atoms with van der Waals surface area (Å²) in [6, 6.07) is 2.55. The molecule has 17 heavy (non-hydrogen) atoms. The van der Waals surface area contributed by atoms with Gasteiger partial charge in [0.25, 0.3) is 5.69 Å². The topological polar surface area (TPSA) is 92.5 Å². The average molecular weight is 238 g/mol. The number of carboxylic acids is 1. The Labute approximate surface area is 98.4 Å². The molecule has 92 valence electrons. The van der Waals surface area contributed by atoms with E-state index < -0.39 is 10.9 Å². The number of nitrogens with zero attached hydrogens (tertiary/aromatic N) is 1. The van der Waals surface area contributed by atoms with Gasteiger partial charge in [-0.2, -0.15) is 0 Å². The van der Waals surface area contributed by atoms with E-state index in [1.807, 2.05) is 13.8 Å². The van der Waals surface area contributed by atoms with Crippen molar-refractivity contribution in [2.45, 2.75) is 26.8 Å². The summed E-state index contributed by atoms with van der Waals surface area (Å²) in [5.74, 6) is -1.18. The normalized spacial score (nSPS) is 10.4. The lowest BCUT2D eigenvalue weighted by molar-refractivity contribution is -0.385. The lowest BCUT2D eigenvalue weighted by Crippen LogP contribution is -2.12. The minimum absolute atomic E-state index is 0.0670. The molecule has 0 atom stereocenters. The first-order valence-corrected chi connectivity index (χ1v) is 5.11. The minimum atomic E-state index is -1.18. The first-order valence-electron chi connectivity index (χ1n) is 5.11. The van der Waals surface area contributed by atoms with Crippen LogP contribution in [0.5, 0.6) is 0 Å². The van der Waals surface area contributed by atoms with Gasteiger partial charge >= 0.3 is 5.97 Å². The van der Waals surface area contributed by atoms with Gasteiger partial charge in [-0.25, -0.2) is 4.79 Å². The molecule has 0 saturated heterocycles. The lowest BCUT2D eigenvalue weighted by atomic mass is 10.1. The molecule has 2 N–H and O–H groups in total. The Morgan fingerprint density at radius 3 is 2.47 bits per heavy atom. The Morgan fingerprint density at radius 2 is 2.06 bits per heavy atom. The molecule has 0 spiro atoms. The van der Waals surface area contributed by atoms with E-state index in [1.54, 1.807) is 6.92 Å². The predicted octanol–water partition coefficient (Wildman–Crippen LogP) is 2.42. The zero-order chi connectivity index (χ0) is 13.2. The molecule has 0 saturated carbocycles. The maximum absolute atomic E-state index is 10.9. The molecule has 0 fully saturated rings. The number of hydrogen-bond acceptors (Lipinski definition) is 4. The Hall–Kier alpha value is -2.11. The SMILES string of the molecule is Cc1c(NC(C)C)cc(C(=O)O)cc1[N+](=O)[O-]. The van der Waals surface area contributed by atoms with Crippen LogP contribution in [-0.4, -0.2) is 22.0 Å². The molecule has 0 amide bonds. The Bertz CT molecular complexity index is 469. The minimum Gasteiger partial charge on any atom is -0.478 e. The highest BCUT2D eigenvalue weighted by Crippen LogP contribution is 2.28. The number of carboxylic acid groups (broad SMARTS) is 1. The van der Waals surface area contributed by atoms with Gasteiger partial charge in [-0.05, 0) is 26.8 Å². The summed E-state index contributed by atoms with van der Waals surface area (Å²) in [6.07, 6.45) is 0. The number of nitro groups is 1. The summed E-state index contributed by atoms with van der Waals surface area (Å²) in [7, 11) is 0. The fraction of sp³-hybridized carbons (Fsp3) is 0.364. The van der Waals surface area contributed by atoms with Crippen molar-refractivity contribution < 1.29 is 14.8 Å². The summed E-state index contributed by atoms with van der Waals surface area (Å²) >= 11 is 0. The molecule has 6 nitrogen and oxygen atoms in total. The van der Waals surface area contributed by atoms with E-state index in [1.165, 1.54) is 6.07 Å². The Balaban J connectivity index is 3.37. The fourth-order valence-electron chi connectivity index (χ4n) is 1.47. The molecule has 0 unspecified atom stereocenters. The van der Waals surface area contributed by atoms with Gasteiger partial charge in [-0.15, -0.1) is 0 Å². The predicted molar refractivity (Wildman–Crippen MR) is 63.6 cm³/mol. The summed E-state index contributed by atoms with van der Waals surface area (Å²) < 4.78 is 0. The highest BCUT2D eigenvalue weighted by Gasteiger charge is 2.19. The summed E-state index contributed by atoms with van der Waals surface area (Å²) in [5.41, 5.74) is 0.638. The molecular weight excluding hydrogens is 224 g/mol. The standard InChI is InChI=1S/C11H14N2O4/c1-6(2)12-9-4-8(11(14)15)5-10(7(9)3)13(16)17/h4-6,12H,1-3H3,(H,14,15). The summed E-state index contributed by atoms with van der Waals surface area (Å²) in [4.78, 5) is 21.1. The second-order valence-corrected chi connectivity index (χ2v) is 4.03. The van der Waals surface area contributed by atoms with Gasteiger partial charge in [-0.1, -0.05) is 0 Å². The molecule has 0 aliphatic heterocycles. The van der Waals surface area contributed by atoms with Gasteiger partial charge in [0, 0.05) is 23.4 Å². The van der Waals surface area contributed by atoms with E-state index in [2.05, 4.69) is 5.32 Å². The molecule has 1 aromatic rings. The van der Waals surface area contributed by atoms with Crippen LogP contribution in [0.4, 0.5) is 11.4 Å². The number of aromatic carboxylic acids is 1. The number of benzene rings is 1. The van der Waals surface area contributed by atoms with Gasteiger partial charge in [0.2, 0.25) is 0 Å². The van der Waals surface area contributed by atoms with Gasteiger partial charge in [0.1, 0.15) is 0 Å². The van der Waals surface area contributed by atoms with Crippen LogP contribution in [-0.2, 0) is 0 Å². The van der Waals surface area contributed by atoms with Crippen molar-refractivity contribution in [2.75, 3.05) is 5.32 Å². The highest BCUT2D eigenvalue weighted by atomic mass is 16.6. The van der Waals surface area contributed by atoms with Gasteiger partial charge < -0.3 is 10.4 Å². The summed E-state index contributed by atoms with van der Waals surface area (Å²) in [6.45, 7) is 5.34. The Kier molecular flexibility index (Phi) is 3.67. The van der Waals surface area contributed by atoms with Gasteiger partial charge in [0.05, 0.1) is 10.5 Å². The number of anilines is 1. The molecule has 0 heterocycles. The molecule has 0 aliphatic rings. The molecule has 0 aliphatic carbocycles. The van der Waals surface area contributed by atoms with E-state index >= 15 is 0 Å². The molecule has 1 aromatic carbocycles. The van der Waals surface area contributed by atoms with E-state index in [9.17, 15) is 14.9 Å². The smallest absolute Gasteiger partial charge is 0.336 e. The first kappa shape index (κ1) is 13.0. The number of nitrogens with one attached hydrogen (secondary N) is 1. The molecule has 0 aromatic heterocycles. The monoisotopic (exact) mass is 238 g/mol. The zero-order valence-electron chi connectivity index (χ0n) is 9.85. The lowest BCUT2D eigenvalue weighted by Gasteiger charge is -2.13. The molecule has 0 bridgehead atoms. The third kappa shape index (κ3) is 2.93. The number of nitro benzene ring substituents is 1. The first-order chi connectivity index (χ1) is 7.82. The molecule has 6 heteroatoms. The maximum Gasteiger partial charge on any atom is 0.336 e.